The van der Waals surface area contributed by atoms with Crippen molar-refractivity contribution in [3.05, 3.63) is 64.7 Å². The third kappa shape index (κ3) is 7.44. The highest BCUT2D eigenvalue weighted by molar-refractivity contribution is 6.43. The maximum Gasteiger partial charge on any atom is 0.360 e. The fraction of sp³-hybridized carbons (Fsp3) is 0.375. The lowest BCUT2D eigenvalue weighted by molar-refractivity contribution is -0.137. The normalized spacial score (nSPS) is 11.1. The zero-order chi connectivity index (χ0) is 22.6. The molecule has 0 spiro atoms. The molecule has 2 rings (SSSR count). The summed E-state index contributed by atoms with van der Waals surface area (Å²) in [5.74, 6) is -0.572. The second kappa shape index (κ2) is 12.4. The van der Waals surface area contributed by atoms with E-state index in [4.69, 9.17) is 19.4 Å². The Morgan fingerprint density at radius 1 is 1.03 bits per heavy atom. The average Bonchev–Trinajstić information content (AvgIpc) is 2.76. The van der Waals surface area contributed by atoms with E-state index in [9.17, 15) is 9.59 Å². The van der Waals surface area contributed by atoms with Gasteiger partial charge in [-0.2, -0.15) is 0 Å². The van der Waals surface area contributed by atoms with Gasteiger partial charge in [-0.05, 0) is 48.9 Å². The van der Waals surface area contributed by atoms with E-state index in [0.29, 0.717) is 12.0 Å². The minimum Gasteiger partial charge on any atom is -0.489 e. The van der Waals surface area contributed by atoms with Crippen molar-refractivity contribution in [1.82, 2.24) is 0 Å². The summed E-state index contributed by atoms with van der Waals surface area (Å²) in [6.07, 6.45) is 3.68. The minimum atomic E-state index is -0.744. The number of ether oxygens (including phenoxy) is 2. The third-order valence-electron chi connectivity index (χ3n) is 4.81. The Bertz CT molecular complexity index is 922. The molecule has 0 atom stereocenters. The molecule has 0 aliphatic rings. The first kappa shape index (κ1) is 23.9. The Labute approximate surface area is 182 Å². The van der Waals surface area contributed by atoms with E-state index in [1.807, 2.05) is 37.3 Å². The molecule has 0 aliphatic carbocycles. The summed E-state index contributed by atoms with van der Waals surface area (Å²) < 4.78 is 10.8. The van der Waals surface area contributed by atoms with Crippen molar-refractivity contribution in [2.75, 3.05) is 14.2 Å². The Kier molecular flexibility index (Phi) is 9.55. The number of hydrogen-bond donors (Lipinski definition) is 1. The van der Waals surface area contributed by atoms with Crippen molar-refractivity contribution >= 4 is 17.7 Å². The lowest BCUT2D eigenvalue weighted by atomic mass is 10.0. The third-order valence-corrected chi connectivity index (χ3v) is 4.81. The molecule has 0 aromatic heterocycles. The molecule has 0 radical (unpaired) electrons. The number of oxime groups is 1. The Hall–Kier alpha value is -3.35. The monoisotopic (exact) mass is 427 g/mol. The molecule has 7 heteroatoms. The van der Waals surface area contributed by atoms with Crippen LogP contribution in [0, 0.1) is 6.92 Å². The number of unbranched alkanes of at least 4 members (excludes halogenated alkanes) is 2. The summed E-state index contributed by atoms with van der Waals surface area (Å²) >= 11 is 0. The fourth-order valence-corrected chi connectivity index (χ4v) is 3.23. The van der Waals surface area contributed by atoms with Crippen LogP contribution in [0.3, 0.4) is 0 Å². The summed E-state index contributed by atoms with van der Waals surface area (Å²) in [5.41, 5.74) is 3.66. The highest BCUT2D eigenvalue weighted by Crippen LogP contribution is 2.23. The first-order valence-electron chi connectivity index (χ1n) is 10.2. The van der Waals surface area contributed by atoms with Crippen molar-refractivity contribution < 1.29 is 29.0 Å². The second-order valence-electron chi connectivity index (χ2n) is 7.11. The Morgan fingerprint density at radius 3 is 2.48 bits per heavy atom. The quantitative estimate of drug-likeness (QED) is 0.235. The van der Waals surface area contributed by atoms with Gasteiger partial charge in [0.25, 0.3) is 0 Å². The second-order valence-corrected chi connectivity index (χ2v) is 7.11. The van der Waals surface area contributed by atoms with Crippen molar-refractivity contribution in [3.63, 3.8) is 0 Å². The number of carbonyl (C=O) groups excluding carboxylic acids is 1. The zero-order valence-corrected chi connectivity index (χ0v) is 18.2. The number of nitrogens with zero attached hydrogens (tertiary/aromatic N) is 1. The van der Waals surface area contributed by atoms with Crippen molar-refractivity contribution in [1.29, 1.82) is 0 Å². The Morgan fingerprint density at radius 2 is 1.81 bits per heavy atom. The SMILES string of the molecule is CO/N=C(/C(=O)OC)c1ccccc1COc1ccc(CCCCCC(=O)O)cc1C. The smallest absolute Gasteiger partial charge is 0.360 e. The lowest BCUT2D eigenvalue weighted by Gasteiger charge is -2.14. The van der Waals surface area contributed by atoms with Crippen molar-refractivity contribution in [3.8, 4) is 5.75 Å². The van der Waals surface area contributed by atoms with Crippen LogP contribution in [0.1, 0.15) is 47.9 Å². The van der Waals surface area contributed by atoms with Crippen LogP contribution in [0.25, 0.3) is 0 Å². The van der Waals surface area contributed by atoms with Gasteiger partial charge in [0.1, 0.15) is 19.5 Å². The van der Waals surface area contributed by atoms with E-state index < -0.39 is 11.9 Å². The number of esters is 1. The summed E-state index contributed by atoms with van der Waals surface area (Å²) in [7, 11) is 2.67. The van der Waals surface area contributed by atoms with Crippen LogP contribution in [-0.4, -0.2) is 37.0 Å². The van der Waals surface area contributed by atoms with Crippen LogP contribution in [0.4, 0.5) is 0 Å². The van der Waals surface area contributed by atoms with Gasteiger partial charge in [0, 0.05) is 12.0 Å². The number of rotatable bonds is 12. The zero-order valence-electron chi connectivity index (χ0n) is 18.2. The number of hydrogen-bond acceptors (Lipinski definition) is 6. The lowest BCUT2D eigenvalue weighted by Crippen LogP contribution is -2.19. The van der Waals surface area contributed by atoms with Gasteiger partial charge in [0.05, 0.1) is 7.11 Å². The number of carboxylic acid groups (broad SMARTS) is 1. The summed E-state index contributed by atoms with van der Waals surface area (Å²) in [6, 6.07) is 13.4. The topological polar surface area (TPSA) is 94.4 Å². The van der Waals surface area contributed by atoms with Gasteiger partial charge in [-0.25, -0.2) is 4.79 Å². The number of carboxylic acids is 1. The van der Waals surface area contributed by atoms with E-state index in [1.54, 1.807) is 6.07 Å². The first-order valence-corrected chi connectivity index (χ1v) is 10.2. The number of carbonyl (C=O) groups is 2. The molecule has 0 aliphatic heterocycles. The number of aliphatic carboxylic acids is 1. The van der Waals surface area contributed by atoms with E-state index in [1.165, 1.54) is 19.8 Å². The van der Waals surface area contributed by atoms with Crippen LogP contribution in [0.15, 0.2) is 47.6 Å². The van der Waals surface area contributed by atoms with Gasteiger partial charge in [0.15, 0.2) is 5.71 Å². The summed E-state index contributed by atoms with van der Waals surface area (Å²) in [6.45, 7) is 2.24. The molecule has 2 aromatic carbocycles. The molecule has 7 nitrogen and oxygen atoms in total. The summed E-state index contributed by atoms with van der Waals surface area (Å²) in [5, 5.41) is 12.5. The van der Waals surface area contributed by atoms with Gasteiger partial charge < -0.3 is 19.4 Å². The number of methoxy groups -OCH3 is 1. The van der Waals surface area contributed by atoms with Crippen molar-refractivity contribution in [2.45, 2.75) is 45.6 Å². The maximum absolute atomic E-state index is 12.1. The molecular formula is C24H29NO6. The van der Waals surface area contributed by atoms with E-state index in [0.717, 1.165) is 36.1 Å². The van der Waals surface area contributed by atoms with E-state index in [-0.39, 0.29) is 18.7 Å². The summed E-state index contributed by atoms with van der Waals surface area (Å²) in [4.78, 5) is 27.5. The largest absolute Gasteiger partial charge is 0.489 e. The predicted molar refractivity (Wildman–Crippen MR) is 117 cm³/mol. The molecule has 0 fully saturated rings. The van der Waals surface area contributed by atoms with Crippen LogP contribution < -0.4 is 4.74 Å². The molecule has 2 aromatic rings. The van der Waals surface area contributed by atoms with Gasteiger partial charge in [0.2, 0.25) is 0 Å². The highest BCUT2D eigenvalue weighted by atomic mass is 16.6. The van der Waals surface area contributed by atoms with Crippen molar-refractivity contribution in [2.24, 2.45) is 5.16 Å². The van der Waals surface area contributed by atoms with Crippen LogP contribution in [0.2, 0.25) is 0 Å². The van der Waals surface area contributed by atoms with Crippen LogP contribution in [0.5, 0.6) is 5.75 Å². The number of benzene rings is 2. The van der Waals surface area contributed by atoms with Gasteiger partial charge in [-0.1, -0.05) is 48.0 Å². The van der Waals surface area contributed by atoms with Gasteiger partial charge in [-0.15, -0.1) is 0 Å². The Balaban J connectivity index is 2.03. The van der Waals surface area contributed by atoms with Gasteiger partial charge >= 0.3 is 11.9 Å². The minimum absolute atomic E-state index is 0.0826. The van der Waals surface area contributed by atoms with E-state index in [2.05, 4.69) is 11.2 Å². The first-order chi connectivity index (χ1) is 15.0. The highest BCUT2D eigenvalue weighted by Gasteiger charge is 2.19. The van der Waals surface area contributed by atoms with Crippen LogP contribution in [-0.2, 0) is 32.2 Å². The van der Waals surface area contributed by atoms with Crippen LogP contribution >= 0.6 is 0 Å². The molecule has 0 bridgehead atoms. The fourth-order valence-electron chi connectivity index (χ4n) is 3.23. The van der Waals surface area contributed by atoms with Gasteiger partial charge in [-0.3, -0.25) is 4.79 Å². The van der Waals surface area contributed by atoms with E-state index >= 15 is 0 Å². The molecular weight excluding hydrogens is 398 g/mol. The standard InChI is InChI=1S/C24H29NO6/c1-17-15-18(9-5-4-6-12-22(26)27)13-14-21(17)31-16-19-10-7-8-11-20(19)23(25-30-3)24(28)29-2/h7-8,10-11,13-15H,4-6,9,12,16H2,1-3H3,(H,26,27)/b25-23+. The average molecular weight is 427 g/mol. The molecule has 31 heavy (non-hydrogen) atoms. The molecule has 0 amide bonds. The predicted octanol–water partition coefficient (Wildman–Crippen LogP) is 4.29. The number of aryl methyl sites for hydroxylation is 2. The molecule has 1 N–H and O–H groups in total. The molecule has 0 saturated heterocycles. The molecule has 0 saturated carbocycles. The molecule has 0 heterocycles. The maximum atomic E-state index is 12.1. The molecule has 166 valence electrons. The molecule has 0 unspecified atom stereocenters.